The normalized spacial score (nSPS) is 11.4. The van der Waals surface area contributed by atoms with E-state index in [9.17, 15) is 4.79 Å². The molecule has 0 atom stereocenters. The van der Waals surface area contributed by atoms with E-state index >= 15 is 0 Å². The number of hydrogen-bond acceptors (Lipinski definition) is 2. The third-order valence-electron chi connectivity index (χ3n) is 2.45. The molecule has 0 unspecified atom stereocenters. The molecule has 1 radical (unpaired) electrons. The van der Waals surface area contributed by atoms with E-state index in [2.05, 4.69) is 6.92 Å². The van der Waals surface area contributed by atoms with E-state index in [1.54, 1.807) is 0 Å². The average Bonchev–Trinajstić information content (AvgIpc) is 2.11. The van der Waals surface area contributed by atoms with Crippen LogP contribution in [0.5, 0.6) is 0 Å². The van der Waals surface area contributed by atoms with Crippen molar-refractivity contribution in [1.29, 1.82) is 0 Å². The minimum atomic E-state index is -0.327. The standard InChI is InChI=1S/C12H23O2/c1-4-5-6-7-8-9-10-12(2,3)14-11-13/h4-10H2,1-3H3. The van der Waals surface area contributed by atoms with Crippen molar-refractivity contribution in [1.82, 2.24) is 0 Å². The van der Waals surface area contributed by atoms with Crippen LogP contribution in [0.25, 0.3) is 0 Å². The summed E-state index contributed by atoms with van der Waals surface area (Å²) in [6.07, 6.45) is 8.57. The lowest BCUT2D eigenvalue weighted by molar-refractivity contribution is 0.0772. The highest BCUT2D eigenvalue weighted by molar-refractivity contribution is 5.39. The minimum absolute atomic E-state index is 0.327. The molecule has 0 rings (SSSR count). The molecule has 0 bridgehead atoms. The second-order valence-electron chi connectivity index (χ2n) is 4.46. The van der Waals surface area contributed by atoms with Crippen LogP contribution in [-0.4, -0.2) is 12.1 Å². The third kappa shape index (κ3) is 8.09. The second-order valence-corrected chi connectivity index (χ2v) is 4.46. The van der Waals surface area contributed by atoms with Crippen LogP contribution in [0, 0.1) is 0 Å². The van der Waals surface area contributed by atoms with Crippen LogP contribution in [0.1, 0.15) is 65.7 Å². The molecule has 0 amide bonds. The maximum absolute atomic E-state index is 10.0. The predicted octanol–water partition coefficient (Wildman–Crippen LogP) is 3.60. The van der Waals surface area contributed by atoms with E-state index in [0.29, 0.717) is 0 Å². The molecular weight excluding hydrogens is 176 g/mol. The fourth-order valence-electron chi connectivity index (χ4n) is 1.49. The van der Waals surface area contributed by atoms with Gasteiger partial charge in [-0.3, -0.25) is 0 Å². The maximum atomic E-state index is 10.0. The molecule has 2 heteroatoms. The zero-order valence-corrected chi connectivity index (χ0v) is 9.77. The molecule has 0 aliphatic carbocycles. The molecule has 0 saturated heterocycles. The summed E-state index contributed by atoms with van der Waals surface area (Å²) >= 11 is 0. The first kappa shape index (κ1) is 13.5. The molecule has 0 aliphatic rings. The number of ether oxygens (including phenoxy) is 1. The molecule has 0 N–H and O–H groups in total. The molecule has 83 valence electrons. The zero-order chi connectivity index (χ0) is 10.9. The van der Waals surface area contributed by atoms with Gasteiger partial charge in [-0.1, -0.05) is 39.0 Å². The molecule has 0 aromatic heterocycles. The Labute approximate surface area is 88.0 Å². The molecule has 2 nitrogen and oxygen atoms in total. The number of hydrogen-bond donors (Lipinski definition) is 0. The van der Waals surface area contributed by atoms with E-state index < -0.39 is 0 Å². The molecule has 14 heavy (non-hydrogen) atoms. The summed E-state index contributed by atoms with van der Waals surface area (Å²) in [6, 6.07) is 0. The van der Waals surface area contributed by atoms with Gasteiger partial charge in [0, 0.05) is 0 Å². The van der Waals surface area contributed by atoms with Crippen molar-refractivity contribution in [3.63, 3.8) is 0 Å². The third-order valence-corrected chi connectivity index (χ3v) is 2.45. The first-order valence-electron chi connectivity index (χ1n) is 5.67. The Morgan fingerprint density at radius 1 is 1.07 bits per heavy atom. The van der Waals surface area contributed by atoms with Gasteiger partial charge in [0.15, 0.2) is 0 Å². The van der Waals surface area contributed by atoms with E-state index in [0.717, 1.165) is 12.8 Å². The van der Waals surface area contributed by atoms with Crippen LogP contribution in [0.2, 0.25) is 0 Å². The smallest absolute Gasteiger partial charge is 0.418 e. The van der Waals surface area contributed by atoms with Crippen LogP contribution in [-0.2, 0) is 9.53 Å². The van der Waals surface area contributed by atoms with Crippen LogP contribution >= 0.6 is 0 Å². The lowest BCUT2D eigenvalue weighted by Gasteiger charge is -2.21. The average molecular weight is 199 g/mol. The summed E-state index contributed by atoms with van der Waals surface area (Å²) in [4.78, 5) is 10.0. The first-order chi connectivity index (χ1) is 6.62. The number of rotatable bonds is 9. The Kier molecular flexibility index (Phi) is 7.54. The molecule has 0 aromatic rings. The Morgan fingerprint density at radius 3 is 2.21 bits per heavy atom. The van der Waals surface area contributed by atoms with Gasteiger partial charge >= 0.3 is 6.47 Å². The molecule has 0 saturated carbocycles. The molecule has 0 aliphatic heterocycles. The van der Waals surface area contributed by atoms with Crippen molar-refractivity contribution in [2.75, 3.05) is 0 Å². The molecule has 0 aromatic carbocycles. The minimum Gasteiger partial charge on any atom is -0.451 e. The van der Waals surface area contributed by atoms with Crippen LogP contribution < -0.4 is 0 Å². The topological polar surface area (TPSA) is 26.3 Å². The van der Waals surface area contributed by atoms with Crippen molar-refractivity contribution in [2.45, 2.75) is 71.3 Å². The van der Waals surface area contributed by atoms with Gasteiger partial charge in [-0.05, 0) is 26.7 Å². The van der Waals surface area contributed by atoms with E-state index in [-0.39, 0.29) is 5.60 Å². The van der Waals surface area contributed by atoms with Gasteiger partial charge in [0.25, 0.3) is 0 Å². The van der Waals surface area contributed by atoms with Gasteiger partial charge in [0.1, 0.15) is 5.60 Å². The van der Waals surface area contributed by atoms with Crippen LogP contribution in [0.4, 0.5) is 0 Å². The Hall–Kier alpha value is -0.530. The van der Waals surface area contributed by atoms with Crippen LogP contribution in [0.3, 0.4) is 0 Å². The highest BCUT2D eigenvalue weighted by Crippen LogP contribution is 2.18. The van der Waals surface area contributed by atoms with E-state index in [4.69, 9.17) is 4.74 Å². The van der Waals surface area contributed by atoms with Gasteiger partial charge in [0.2, 0.25) is 0 Å². The highest BCUT2D eigenvalue weighted by Gasteiger charge is 2.17. The second kappa shape index (κ2) is 7.84. The summed E-state index contributed by atoms with van der Waals surface area (Å²) < 4.78 is 4.85. The lowest BCUT2D eigenvalue weighted by Crippen LogP contribution is -2.23. The molecule has 0 heterocycles. The van der Waals surface area contributed by atoms with Gasteiger partial charge in [-0.2, -0.15) is 0 Å². The van der Waals surface area contributed by atoms with Crippen molar-refractivity contribution < 1.29 is 9.53 Å². The van der Waals surface area contributed by atoms with Gasteiger partial charge < -0.3 is 4.74 Å². The fourth-order valence-corrected chi connectivity index (χ4v) is 1.49. The zero-order valence-electron chi connectivity index (χ0n) is 9.77. The lowest BCUT2D eigenvalue weighted by atomic mass is 9.99. The Balaban J connectivity index is 3.30. The van der Waals surface area contributed by atoms with Gasteiger partial charge in [-0.25, -0.2) is 4.79 Å². The molecule has 0 fully saturated rings. The predicted molar refractivity (Wildman–Crippen MR) is 58.9 cm³/mol. The van der Waals surface area contributed by atoms with Gasteiger partial charge in [-0.15, -0.1) is 0 Å². The maximum Gasteiger partial charge on any atom is 0.418 e. The molecular formula is C12H23O2. The SMILES string of the molecule is CCCCCCCCC(C)(C)O[C]=O. The van der Waals surface area contributed by atoms with E-state index in [1.807, 2.05) is 13.8 Å². The monoisotopic (exact) mass is 199 g/mol. The van der Waals surface area contributed by atoms with Crippen LogP contribution in [0.15, 0.2) is 0 Å². The quantitative estimate of drug-likeness (QED) is 0.530. The molecule has 0 spiro atoms. The summed E-state index contributed by atoms with van der Waals surface area (Å²) in [5.74, 6) is 0. The Morgan fingerprint density at radius 2 is 1.64 bits per heavy atom. The van der Waals surface area contributed by atoms with E-state index in [1.165, 1.54) is 38.6 Å². The summed E-state index contributed by atoms with van der Waals surface area (Å²) in [6.45, 7) is 7.61. The van der Waals surface area contributed by atoms with Crippen molar-refractivity contribution in [3.8, 4) is 0 Å². The number of carbonyl (C=O) groups excluding carboxylic acids is 1. The summed E-state index contributed by atoms with van der Waals surface area (Å²) in [5, 5.41) is 0. The van der Waals surface area contributed by atoms with Gasteiger partial charge in [0.05, 0.1) is 0 Å². The Bertz CT molecular complexity index is 141. The summed E-state index contributed by atoms with van der Waals surface area (Å²) in [5.41, 5.74) is -0.327. The first-order valence-corrected chi connectivity index (χ1v) is 5.67. The summed E-state index contributed by atoms with van der Waals surface area (Å²) in [7, 11) is 0. The van der Waals surface area contributed by atoms with Crippen molar-refractivity contribution in [3.05, 3.63) is 0 Å². The van der Waals surface area contributed by atoms with Crippen molar-refractivity contribution in [2.24, 2.45) is 0 Å². The number of unbranched alkanes of at least 4 members (excludes halogenated alkanes) is 5. The highest BCUT2D eigenvalue weighted by atomic mass is 16.5. The fraction of sp³-hybridized carbons (Fsp3) is 0.917. The largest absolute Gasteiger partial charge is 0.451 e. The van der Waals surface area contributed by atoms with Crippen molar-refractivity contribution >= 4 is 6.47 Å².